The minimum absolute atomic E-state index is 0.0437. The van der Waals surface area contributed by atoms with Gasteiger partial charge in [-0.3, -0.25) is 9.79 Å². The van der Waals surface area contributed by atoms with Crippen molar-refractivity contribution in [3.63, 3.8) is 0 Å². The third kappa shape index (κ3) is 6.94. The standard InChI is InChI=1S/C12H18N2O.2C2H6/c1-5-13-9(2)6-11-12(3,4)7-10(8-15)14-11;2*1-2/h5,8,11,13H,1-2,6-7H2,3-4H3;2*1-2H3. The second-order valence-electron chi connectivity index (χ2n) is 4.58. The molecule has 0 aromatic carbocycles. The quantitative estimate of drug-likeness (QED) is 0.761. The largest absolute Gasteiger partial charge is 0.366 e. The number of nitrogens with zero attached hydrogens (tertiary/aromatic N) is 1. The van der Waals surface area contributed by atoms with Crippen molar-refractivity contribution in [2.45, 2.75) is 60.4 Å². The second-order valence-corrected chi connectivity index (χ2v) is 4.58. The maximum absolute atomic E-state index is 10.7. The zero-order valence-corrected chi connectivity index (χ0v) is 13.4. The first-order valence-corrected chi connectivity index (χ1v) is 7.06. The molecule has 1 aliphatic heterocycles. The van der Waals surface area contributed by atoms with Gasteiger partial charge in [-0.15, -0.1) is 0 Å². The lowest BCUT2D eigenvalue weighted by Crippen LogP contribution is -2.25. The molecular weight excluding hydrogens is 236 g/mol. The first-order valence-electron chi connectivity index (χ1n) is 7.06. The van der Waals surface area contributed by atoms with Crippen LogP contribution in [0.1, 0.15) is 54.4 Å². The van der Waals surface area contributed by atoms with E-state index in [9.17, 15) is 4.79 Å². The first-order chi connectivity index (χ1) is 8.99. The van der Waals surface area contributed by atoms with E-state index in [1.165, 1.54) is 0 Å². The lowest BCUT2D eigenvalue weighted by molar-refractivity contribution is -0.102. The van der Waals surface area contributed by atoms with E-state index in [1.807, 2.05) is 27.7 Å². The Balaban J connectivity index is 0. The molecule has 0 saturated carbocycles. The Labute approximate surface area is 118 Å². The van der Waals surface area contributed by atoms with Gasteiger partial charge in [0.05, 0.1) is 11.8 Å². The molecule has 0 amide bonds. The van der Waals surface area contributed by atoms with Gasteiger partial charge in [-0.1, -0.05) is 54.7 Å². The molecule has 1 atom stereocenters. The number of carbonyl (C=O) groups excluding carboxylic acids is 1. The number of nitrogens with one attached hydrogen (secondary N) is 1. The molecule has 0 radical (unpaired) electrons. The summed E-state index contributed by atoms with van der Waals surface area (Å²) in [4.78, 5) is 15.1. The zero-order valence-electron chi connectivity index (χ0n) is 13.4. The van der Waals surface area contributed by atoms with Gasteiger partial charge in [0.25, 0.3) is 0 Å². The van der Waals surface area contributed by atoms with Gasteiger partial charge in [0, 0.05) is 12.1 Å². The summed E-state index contributed by atoms with van der Waals surface area (Å²) in [6, 6.07) is 0.137. The highest BCUT2D eigenvalue weighted by Gasteiger charge is 2.36. The number of aldehydes is 1. The molecule has 0 aliphatic carbocycles. The highest BCUT2D eigenvalue weighted by Crippen LogP contribution is 2.36. The molecule has 0 bridgehead atoms. The van der Waals surface area contributed by atoms with Crippen LogP contribution < -0.4 is 5.32 Å². The molecule has 0 aromatic heterocycles. The van der Waals surface area contributed by atoms with Crippen molar-refractivity contribution in [2.24, 2.45) is 10.4 Å². The summed E-state index contributed by atoms with van der Waals surface area (Å²) >= 11 is 0. The highest BCUT2D eigenvalue weighted by molar-refractivity contribution is 6.29. The summed E-state index contributed by atoms with van der Waals surface area (Å²) in [5, 5.41) is 2.95. The lowest BCUT2D eigenvalue weighted by Gasteiger charge is -2.25. The number of aliphatic imine (C=N–C) groups is 1. The molecule has 0 aromatic rings. The third-order valence-electron chi connectivity index (χ3n) is 2.74. The van der Waals surface area contributed by atoms with Gasteiger partial charge >= 0.3 is 0 Å². The van der Waals surface area contributed by atoms with Crippen LogP contribution in [0.4, 0.5) is 0 Å². The Kier molecular flexibility index (Phi) is 11.1. The summed E-state index contributed by atoms with van der Waals surface area (Å²) < 4.78 is 0. The SMILES string of the molecule is C=CNC(=C)CC1N=C(C=O)CC1(C)C.CC.CC. The molecule has 1 heterocycles. The Bertz CT molecular complexity index is 317. The van der Waals surface area contributed by atoms with E-state index < -0.39 is 0 Å². The molecule has 110 valence electrons. The van der Waals surface area contributed by atoms with Crippen LogP contribution in [0.5, 0.6) is 0 Å². The fourth-order valence-corrected chi connectivity index (χ4v) is 1.84. The molecule has 1 unspecified atom stereocenters. The molecule has 0 saturated heterocycles. The minimum atomic E-state index is 0.0437. The Morgan fingerprint density at radius 2 is 1.95 bits per heavy atom. The van der Waals surface area contributed by atoms with Crippen LogP contribution in [0.3, 0.4) is 0 Å². The molecule has 0 fully saturated rings. The first kappa shape index (κ1) is 19.9. The summed E-state index contributed by atoms with van der Waals surface area (Å²) in [7, 11) is 0. The van der Waals surface area contributed by atoms with Crippen LogP contribution in [0.15, 0.2) is 30.0 Å². The van der Waals surface area contributed by atoms with Gasteiger partial charge in [-0.05, 0) is 18.0 Å². The summed E-state index contributed by atoms with van der Waals surface area (Å²) in [5.41, 5.74) is 1.59. The number of rotatable bonds is 5. The fraction of sp³-hybridized carbons (Fsp3) is 0.625. The van der Waals surface area contributed by atoms with E-state index in [2.05, 4.69) is 37.3 Å². The second kappa shape index (κ2) is 10.5. The van der Waals surface area contributed by atoms with Crippen molar-refractivity contribution in [1.29, 1.82) is 0 Å². The van der Waals surface area contributed by atoms with E-state index in [-0.39, 0.29) is 11.5 Å². The molecule has 0 spiro atoms. The van der Waals surface area contributed by atoms with Crippen LogP contribution in [0.25, 0.3) is 0 Å². The number of hydrogen-bond acceptors (Lipinski definition) is 3. The average Bonchev–Trinajstić information content (AvgIpc) is 2.69. The van der Waals surface area contributed by atoms with E-state index in [0.717, 1.165) is 24.8 Å². The van der Waals surface area contributed by atoms with E-state index in [4.69, 9.17) is 0 Å². The third-order valence-corrected chi connectivity index (χ3v) is 2.74. The van der Waals surface area contributed by atoms with Crippen molar-refractivity contribution < 1.29 is 4.79 Å². The van der Waals surface area contributed by atoms with Gasteiger partial charge in [-0.25, -0.2) is 0 Å². The molecule has 3 nitrogen and oxygen atoms in total. The van der Waals surface area contributed by atoms with Crippen molar-refractivity contribution in [3.8, 4) is 0 Å². The topological polar surface area (TPSA) is 41.5 Å². The Morgan fingerprint density at radius 1 is 1.42 bits per heavy atom. The van der Waals surface area contributed by atoms with E-state index in [1.54, 1.807) is 6.20 Å². The van der Waals surface area contributed by atoms with E-state index >= 15 is 0 Å². The monoisotopic (exact) mass is 266 g/mol. The molecule has 19 heavy (non-hydrogen) atoms. The van der Waals surface area contributed by atoms with Crippen molar-refractivity contribution >= 4 is 12.0 Å². The maximum Gasteiger partial charge on any atom is 0.163 e. The number of hydrogen-bond donors (Lipinski definition) is 1. The van der Waals surface area contributed by atoms with Crippen LogP contribution >= 0.6 is 0 Å². The van der Waals surface area contributed by atoms with Gasteiger partial charge < -0.3 is 5.32 Å². The van der Waals surface area contributed by atoms with Crippen molar-refractivity contribution in [1.82, 2.24) is 5.32 Å². The molecular formula is C16H30N2O. The molecule has 3 heteroatoms. The van der Waals surface area contributed by atoms with E-state index in [0.29, 0.717) is 5.71 Å². The molecule has 1 aliphatic rings. The highest BCUT2D eigenvalue weighted by atomic mass is 16.1. The van der Waals surface area contributed by atoms with Gasteiger partial charge in [0.15, 0.2) is 6.29 Å². The average molecular weight is 266 g/mol. The smallest absolute Gasteiger partial charge is 0.163 e. The van der Waals surface area contributed by atoms with Gasteiger partial charge in [0.1, 0.15) is 0 Å². The van der Waals surface area contributed by atoms with Crippen LogP contribution in [0, 0.1) is 5.41 Å². The van der Waals surface area contributed by atoms with Gasteiger partial charge in [-0.2, -0.15) is 0 Å². The van der Waals surface area contributed by atoms with Crippen LogP contribution in [-0.2, 0) is 4.79 Å². The number of carbonyl (C=O) groups is 1. The Morgan fingerprint density at radius 3 is 2.32 bits per heavy atom. The van der Waals surface area contributed by atoms with Crippen molar-refractivity contribution in [3.05, 3.63) is 25.1 Å². The Hall–Kier alpha value is -1.38. The summed E-state index contributed by atoms with van der Waals surface area (Å²) in [5.74, 6) is 0. The van der Waals surface area contributed by atoms with Crippen molar-refractivity contribution in [2.75, 3.05) is 0 Å². The minimum Gasteiger partial charge on any atom is -0.366 e. The lowest BCUT2D eigenvalue weighted by atomic mass is 9.81. The summed E-state index contributed by atoms with van der Waals surface area (Å²) in [6.07, 6.45) is 3.96. The summed E-state index contributed by atoms with van der Waals surface area (Å²) in [6.45, 7) is 19.7. The fourth-order valence-electron chi connectivity index (χ4n) is 1.84. The normalized spacial score (nSPS) is 18.8. The maximum atomic E-state index is 10.7. The molecule has 1 N–H and O–H groups in total. The predicted molar refractivity (Wildman–Crippen MR) is 85.5 cm³/mol. The van der Waals surface area contributed by atoms with Crippen LogP contribution in [0.2, 0.25) is 0 Å². The molecule has 1 rings (SSSR count). The van der Waals surface area contributed by atoms with Crippen LogP contribution in [-0.4, -0.2) is 18.0 Å². The zero-order chi connectivity index (χ0) is 15.5. The predicted octanol–water partition coefficient (Wildman–Crippen LogP) is 4.11. The van der Waals surface area contributed by atoms with Gasteiger partial charge in [0.2, 0.25) is 0 Å².